The van der Waals surface area contributed by atoms with Crippen LogP contribution in [0.5, 0.6) is 0 Å². The van der Waals surface area contributed by atoms with E-state index in [1.807, 2.05) is 0 Å². The van der Waals surface area contributed by atoms with Gasteiger partial charge in [0.05, 0.1) is 6.07 Å². The molecule has 0 aromatic carbocycles. The second-order valence-electron chi connectivity index (χ2n) is 0.671. The van der Waals surface area contributed by atoms with Gasteiger partial charge in [-0.1, -0.05) is 0 Å². The molecule has 0 fully saturated rings. The van der Waals surface area contributed by atoms with Gasteiger partial charge in [-0.3, -0.25) is 9.11 Å². The van der Waals surface area contributed by atoms with Crippen LogP contribution in [-0.4, -0.2) is 47.1 Å². The minimum absolute atomic E-state index is 0. The van der Waals surface area contributed by atoms with Gasteiger partial charge >= 0.3 is 40.0 Å². The van der Waals surface area contributed by atoms with Crippen molar-refractivity contribution in [3.63, 3.8) is 0 Å². The Morgan fingerprint density at radius 3 is 1.44 bits per heavy atom. The molecule has 0 saturated heterocycles. The first-order chi connectivity index (χ1) is 3.41. The average Bonchev–Trinajstić information content (AvgIpc) is 1.27. The molecule has 0 amide bonds. The van der Waals surface area contributed by atoms with E-state index in [4.69, 9.17) is 22.8 Å². The van der Waals surface area contributed by atoms with Crippen molar-refractivity contribution < 1.29 is 17.5 Å². The van der Waals surface area contributed by atoms with Gasteiger partial charge in [0.2, 0.25) is 0 Å². The third-order valence-electron chi connectivity index (χ3n) is 0. The molecule has 7 heteroatoms. The summed E-state index contributed by atoms with van der Waals surface area (Å²) in [7, 11) is -4.67. The Bertz CT molecular complexity index is 159. The monoisotopic (exact) mass is 163 g/mol. The predicted molar refractivity (Wildman–Crippen MR) is 32.6 cm³/mol. The van der Waals surface area contributed by atoms with Crippen molar-refractivity contribution in [2.45, 2.75) is 6.92 Å². The summed E-state index contributed by atoms with van der Waals surface area (Å²) in [6.45, 7) is 1.43. The molecule has 0 radical (unpaired) electrons. The molecule has 0 atom stereocenters. The summed E-state index contributed by atoms with van der Waals surface area (Å²) >= 11 is 0. The van der Waals surface area contributed by atoms with E-state index in [9.17, 15) is 0 Å². The van der Waals surface area contributed by atoms with Gasteiger partial charge in [-0.15, -0.1) is 0 Å². The van der Waals surface area contributed by atoms with Crippen LogP contribution < -0.4 is 0 Å². The van der Waals surface area contributed by atoms with Crippen LogP contribution in [0.3, 0.4) is 0 Å². The van der Waals surface area contributed by atoms with Gasteiger partial charge in [0.1, 0.15) is 0 Å². The van der Waals surface area contributed by atoms with Crippen LogP contribution in [0, 0.1) is 11.3 Å². The molecule has 0 rings (SSSR count). The molecule has 0 aromatic heterocycles. The van der Waals surface area contributed by atoms with Crippen LogP contribution in [0.25, 0.3) is 0 Å². The SMILES string of the molecule is CC#N.O=S(=O)(O)O.[NaH]. The molecule has 0 aliphatic heterocycles. The second kappa shape index (κ2) is 8.36. The van der Waals surface area contributed by atoms with Crippen LogP contribution in [0.15, 0.2) is 0 Å². The van der Waals surface area contributed by atoms with Crippen molar-refractivity contribution >= 4 is 40.0 Å². The molecule has 0 aliphatic rings. The molecular formula is C2H6NNaO4S. The number of hydrogen-bond donors (Lipinski definition) is 2. The van der Waals surface area contributed by atoms with Gasteiger partial charge in [-0.2, -0.15) is 13.7 Å². The molecule has 0 saturated carbocycles. The van der Waals surface area contributed by atoms with Gasteiger partial charge in [0.15, 0.2) is 0 Å². The van der Waals surface area contributed by atoms with Crippen molar-refractivity contribution in [1.82, 2.24) is 0 Å². The van der Waals surface area contributed by atoms with E-state index < -0.39 is 10.4 Å². The Kier molecular flexibility index (Phi) is 15.0. The third kappa shape index (κ3) is 2610. The molecule has 0 bridgehead atoms. The standard InChI is InChI=1S/C2H3N.Na.H2O4S.H/c1-2-3;;1-5(2,3)4;/h1H3;;(H2,1,2,3,4);. The van der Waals surface area contributed by atoms with E-state index >= 15 is 0 Å². The van der Waals surface area contributed by atoms with E-state index in [0.717, 1.165) is 0 Å². The number of hydrogen-bond acceptors (Lipinski definition) is 3. The van der Waals surface area contributed by atoms with E-state index in [1.165, 1.54) is 6.92 Å². The molecule has 0 aromatic rings. The second-order valence-corrected chi connectivity index (χ2v) is 1.57. The summed E-state index contributed by atoms with van der Waals surface area (Å²) < 4.78 is 31.6. The predicted octanol–water partition coefficient (Wildman–Crippen LogP) is -0.771. The van der Waals surface area contributed by atoms with E-state index in [0.29, 0.717) is 0 Å². The summed E-state index contributed by atoms with van der Waals surface area (Å²) in [6.07, 6.45) is 0. The average molecular weight is 163 g/mol. The van der Waals surface area contributed by atoms with Crippen LogP contribution in [-0.2, 0) is 10.4 Å². The van der Waals surface area contributed by atoms with Crippen LogP contribution in [0.1, 0.15) is 6.92 Å². The molecule has 0 heterocycles. The van der Waals surface area contributed by atoms with Gasteiger partial charge in [-0.05, 0) is 0 Å². The summed E-state index contributed by atoms with van der Waals surface area (Å²) in [5.74, 6) is 0. The summed E-state index contributed by atoms with van der Waals surface area (Å²) in [4.78, 5) is 0. The zero-order valence-corrected chi connectivity index (χ0v) is 4.88. The van der Waals surface area contributed by atoms with Crippen molar-refractivity contribution in [2.75, 3.05) is 0 Å². The van der Waals surface area contributed by atoms with E-state index in [2.05, 4.69) is 0 Å². The zero-order valence-electron chi connectivity index (χ0n) is 4.07. The van der Waals surface area contributed by atoms with Gasteiger partial charge in [0.25, 0.3) is 0 Å². The van der Waals surface area contributed by atoms with Crippen molar-refractivity contribution in [3.05, 3.63) is 0 Å². The first-order valence-corrected chi connectivity index (χ1v) is 2.82. The van der Waals surface area contributed by atoms with Gasteiger partial charge < -0.3 is 0 Å². The quantitative estimate of drug-likeness (QED) is 0.361. The molecule has 0 spiro atoms. The van der Waals surface area contributed by atoms with Crippen LogP contribution in [0.4, 0.5) is 0 Å². The van der Waals surface area contributed by atoms with Crippen molar-refractivity contribution in [3.8, 4) is 6.07 Å². The molecule has 5 nitrogen and oxygen atoms in total. The molecule has 0 unspecified atom stereocenters. The summed E-state index contributed by atoms with van der Waals surface area (Å²) in [5.41, 5.74) is 0. The Balaban J connectivity index is -0.0000000800. The van der Waals surface area contributed by atoms with Gasteiger partial charge in [-0.25, -0.2) is 0 Å². The fourth-order valence-electron chi connectivity index (χ4n) is 0. The fourth-order valence-corrected chi connectivity index (χ4v) is 0. The molecule has 2 N–H and O–H groups in total. The van der Waals surface area contributed by atoms with Crippen molar-refractivity contribution in [1.29, 1.82) is 5.26 Å². The Labute approximate surface area is 75.5 Å². The van der Waals surface area contributed by atoms with Crippen molar-refractivity contribution in [2.24, 2.45) is 0 Å². The molecule has 50 valence electrons. The summed E-state index contributed by atoms with van der Waals surface area (Å²) in [6, 6.07) is 1.75. The molecule has 0 aliphatic carbocycles. The Hall–Kier alpha value is 0.360. The molecular weight excluding hydrogens is 157 g/mol. The number of rotatable bonds is 0. The van der Waals surface area contributed by atoms with E-state index in [-0.39, 0.29) is 29.6 Å². The Morgan fingerprint density at radius 1 is 1.44 bits per heavy atom. The fraction of sp³-hybridized carbons (Fsp3) is 0.500. The normalized spacial score (nSPS) is 7.33. The van der Waals surface area contributed by atoms with Gasteiger partial charge in [0, 0.05) is 6.92 Å². The Morgan fingerprint density at radius 2 is 1.44 bits per heavy atom. The topological polar surface area (TPSA) is 98.4 Å². The van der Waals surface area contributed by atoms with Crippen LogP contribution >= 0.6 is 0 Å². The number of nitriles is 1. The number of nitrogens with zero attached hydrogens (tertiary/aromatic N) is 1. The van der Waals surface area contributed by atoms with Crippen LogP contribution in [0.2, 0.25) is 0 Å². The maximum atomic E-state index is 8.74. The first kappa shape index (κ1) is 16.2. The zero-order chi connectivity index (χ0) is 7.21. The first-order valence-electron chi connectivity index (χ1n) is 1.42. The third-order valence-corrected chi connectivity index (χ3v) is 0. The minimum atomic E-state index is -4.67. The molecule has 9 heavy (non-hydrogen) atoms. The van der Waals surface area contributed by atoms with E-state index in [1.54, 1.807) is 6.07 Å². The summed E-state index contributed by atoms with van der Waals surface area (Å²) in [5, 5.41) is 7.32. The maximum absolute atomic E-state index is 8.74.